The first kappa shape index (κ1) is 10.3. The third-order valence-electron chi connectivity index (χ3n) is 1.67. The van der Waals surface area contributed by atoms with Crippen molar-refractivity contribution in [1.29, 1.82) is 0 Å². The SMILES string of the molecule is CCSCCCn1cccnc1=O. The Morgan fingerprint density at radius 2 is 2.46 bits per heavy atom. The van der Waals surface area contributed by atoms with Crippen LogP contribution >= 0.6 is 11.8 Å². The van der Waals surface area contributed by atoms with Gasteiger partial charge < -0.3 is 0 Å². The molecule has 0 atom stereocenters. The van der Waals surface area contributed by atoms with Gasteiger partial charge in [0.1, 0.15) is 0 Å². The standard InChI is InChI=1S/C9H14N2OS/c1-2-13-8-4-7-11-6-3-5-10-9(11)12/h3,5-6H,2,4,7-8H2,1H3. The molecule has 0 amide bonds. The summed E-state index contributed by atoms with van der Waals surface area (Å²) in [4.78, 5) is 14.8. The Morgan fingerprint density at radius 3 is 3.15 bits per heavy atom. The van der Waals surface area contributed by atoms with Gasteiger partial charge in [-0.15, -0.1) is 0 Å². The van der Waals surface area contributed by atoms with Gasteiger partial charge in [-0.25, -0.2) is 9.78 Å². The van der Waals surface area contributed by atoms with Crippen molar-refractivity contribution in [1.82, 2.24) is 9.55 Å². The van der Waals surface area contributed by atoms with E-state index in [9.17, 15) is 4.79 Å². The summed E-state index contributed by atoms with van der Waals surface area (Å²) in [6.07, 6.45) is 4.34. The van der Waals surface area contributed by atoms with Gasteiger partial charge in [-0.3, -0.25) is 4.57 Å². The summed E-state index contributed by atoms with van der Waals surface area (Å²) in [5, 5.41) is 0. The van der Waals surface area contributed by atoms with Crippen LogP contribution in [0, 0.1) is 0 Å². The minimum absolute atomic E-state index is 0.149. The average molecular weight is 198 g/mol. The minimum atomic E-state index is -0.149. The van der Waals surface area contributed by atoms with E-state index in [0.717, 1.165) is 24.5 Å². The molecule has 0 aliphatic carbocycles. The maximum Gasteiger partial charge on any atom is 0.347 e. The van der Waals surface area contributed by atoms with Crippen molar-refractivity contribution in [3.8, 4) is 0 Å². The van der Waals surface area contributed by atoms with Gasteiger partial charge in [-0.2, -0.15) is 11.8 Å². The van der Waals surface area contributed by atoms with Gasteiger partial charge in [0.25, 0.3) is 0 Å². The van der Waals surface area contributed by atoms with Crippen LogP contribution in [0.2, 0.25) is 0 Å². The molecule has 1 heterocycles. The lowest BCUT2D eigenvalue weighted by molar-refractivity contribution is 0.639. The zero-order chi connectivity index (χ0) is 9.52. The Kier molecular flexibility index (Phi) is 4.60. The zero-order valence-electron chi connectivity index (χ0n) is 7.77. The third kappa shape index (κ3) is 3.63. The fourth-order valence-corrected chi connectivity index (χ4v) is 1.66. The molecule has 1 aromatic rings. The summed E-state index contributed by atoms with van der Waals surface area (Å²) in [5.41, 5.74) is -0.149. The highest BCUT2D eigenvalue weighted by Gasteiger charge is 1.93. The molecule has 13 heavy (non-hydrogen) atoms. The summed E-state index contributed by atoms with van der Waals surface area (Å²) in [6, 6.07) is 1.79. The predicted molar refractivity (Wildman–Crippen MR) is 56.1 cm³/mol. The summed E-state index contributed by atoms with van der Waals surface area (Å²) in [5.74, 6) is 2.25. The van der Waals surface area contributed by atoms with E-state index in [4.69, 9.17) is 0 Å². The van der Waals surface area contributed by atoms with Crippen molar-refractivity contribution in [2.75, 3.05) is 11.5 Å². The van der Waals surface area contributed by atoms with Crippen LogP contribution in [0.25, 0.3) is 0 Å². The Morgan fingerprint density at radius 1 is 1.62 bits per heavy atom. The molecule has 1 rings (SSSR count). The number of thioether (sulfide) groups is 1. The van der Waals surface area contributed by atoms with Gasteiger partial charge in [0.05, 0.1) is 0 Å². The van der Waals surface area contributed by atoms with E-state index in [0.29, 0.717) is 0 Å². The van der Waals surface area contributed by atoms with Gasteiger partial charge in [0.15, 0.2) is 0 Å². The second-order valence-electron chi connectivity index (χ2n) is 2.65. The molecule has 0 bridgehead atoms. The Balaban J connectivity index is 2.37. The first-order valence-electron chi connectivity index (χ1n) is 4.44. The zero-order valence-corrected chi connectivity index (χ0v) is 8.59. The largest absolute Gasteiger partial charge is 0.347 e. The molecule has 1 aromatic heterocycles. The number of hydrogen-bond acceptors (Lipinski definition) is 3. The molecule has 0 saturated heterocycles. The lowest BCUT2D eigenvalue weighted by atomic mass is 10.5. The molecular formula is C9H14N2OS. The molecule has 0 unspecified atom stereocenters. The van der Waals surface area contributed by atoms with Crippen molar-refractivity contribution in [2.45, 2.75) is 19.9 Å². The minimum Gasteiger partial charge on any atom is -0.299 e. The van der Waals surface area contributed by atoms with Crippen molar-refractivity contribution in [2.24, 2.45) is 0 Å². The van der Waals surface area contributed by atoms with E-state index in [1.165, 1.54) is 6.20 Å². The van der Waals surface area contributed by atoms with Crippen molar-refractivity contribution in [3.05, 3.63) is 28.9 Å². The topological polar surface area (TPSA) is 34.9 Å². The fraction of sp³-hybridized carbons (Fsp3) is 0.556. The predicted octanol–water partition coefficient (Wildman–Crippen LogP) is 1.39. The van der Waals surface area contributed by atoms with Gasteiger partial charge in [-0.1, -0.05) is 6.92 Å². The second kappa shape index (κ2) is 5.80. The average Bonchev–Trinajstić information content (AvgIpc) is 2.15. The van der Waals surface area contributed by atoms with E-state index >= 15 is 0 Å². The number of aromatic nitrogens is 2. The molecule has 72 valence electrons. The van der Waals surface area contributed by atoms with Crippen LogP contribution in [0.4, 0.5) is 0 Å². The normalized spacial score (nSPS) is 10.2. The molecule has 0 aliphatic heterocycles. The number of aryl methyl sites for hydroxylation is 1. The van der Waals surface area contributed by atoms with Crippen molar-refractivity contribution < 1.29 is 0 Å². The molecule has 0 saturated carbocycles. The maximum absolute atomic E-state index is 11.1. The van der Waals surface area contributed by atoms with E-state index in [-0.39, 0.29) is 5.69 Å². The number of rotatable bonds is 5. The second-order valence-corrected chi connectivity index (χ2v) is 4.04. The molecule has 0 fully saturated rings. The first-order chi connectivity index (χ1) is 6.34. The summed E-state index contributed by atoms with van der Waals surface area (Å²) in [7, 11) is 0. The molecule has 0 radical (unpaired) electrons. The summed E-state index contributed by atoms with van der Waals surface area (Å²) >= 11 is 1.90. The van der Waals surface area contributed by atoms with Crippen LogP contribution in [0.5, 0.6) is 0 Å². The molecule has 0 spiro atoms. The van der Waals surface area contributed by atoms with E-state index in [2.05, 4.69) is 11.9 Å². The van der Waals surface area contributed by atoms with Crippen LogP contribution in [-0.2, 0) is 6.54 Å². The molecular weight excluding hydrogens is 184 g/mol. The lowest BCUT2D eigenvalue weighted by Gasteiger charge is -2.02. The van der Waals surface area contributed by atoms with Gasteiger partial charge in [0, 0.05) is 18.9 Å². The molecule has 0 N–H and O–H groups in total. The highest BCUT2D eigenvalue weighted by molar-refractivity contribution is 7.99. The first-order valence-corrected chi connectivity index (χ1v) is 5.59. The summed E-state index contributed by atoms with van der Waals surface area (Å²) in [6.45, 7) is 2.92. The Hall–Kier alpha value is -0.770. The Labute approximate surface area is 82.2 Å². The van der Waals surface area contributed by atoms with Gasteiger partial charge in [-0.05, 0) is 24.0 Å². The highest BCUT2D eigenvalue weighted by Crippen LogP contribution is 2.01. The fourth-order valence-electron chi connectivity index (χ4n) is 1.04. The summed E-state index contributed by atoms with van der Waals surface area (Å²) < 4.78 is 1.65. The van der Waals surface area contributed by atoms with Crippen LogP contribution < -0.4 is 5.69 Å². The number of nitrogens with zero attached hydrogens (tertiary/aromatic N) is 2. The van der Waals surface area contributed by atoms with Gasteiger partial charge in [0.2, 0.25) is 0 Å². The third-order valence-corrected chi connectivity index (χ3v) is 2.66. The van der Waals surface area contributed by atoms with Crippen molar-refractivity contribution in [3.63, 3.8) is 0 Å². The molecule has 3 nitrogen and oxygen atoms in total. The lowest BCUT2D eigenvalue weighted by Crippen LogP contribution is -2.21. The van der Waals surface area contributed by atoms with Crippen LogP contribution in [0.1, 0.15) is 13.3 Å². The highest BCUT2D eigenvalue weighted by atomic mass is 32.2. The quantitative estimate of drug-likeness (QED) is 0.671. The molecule has 4 heteroatoms. The van der Waals surface area contributed by atoms with E-state index in [1.807, 2.05) is 11.8 Å². The van der Waals surface area contributed by atoms with Gasteiger partial charge >= 0.3 is 5.69 Å². The monoisotopic (exact) mass is 198 g/mol. The molecule has 0 aromatic carbocycles. The van der Waals surface area contributed by atoms with E-state index in [1.54, 1.807) is 16.8 Å². The van der Waals surface area contributed by atoms with Crippen molar-refractivity contribution >= 4 is 11.8 Å². The number of hydrogen-bond donors (Lipinski definition) is 0. The van der Waals surface area contributed by atoms with Crippen LogP contribution in [-0.4, -0.2) is 21.1 Å². The van der Waals surface area contributed by atoms with Crippen LogP contribution in [0.3, 0.4) is 0 Å². The molecule has 0 aliphatic rings. The van der Waals surface area contributed by atoms with E-state index < -0.39 is 0 Å². The smallest absolute Gasteiger partial charge is 0.299 e. The maximum atomic E-state index is 11.1. The van der Waals surface area contributed by atoms with Crippen LogP contribution in [0.15, 0.2) is 23.3 Å². The Bertz CT molecular complexity index is 298.